The summed E-state index contributed by atoms with van der Waals surface area (Å²) in [5.41, 5.74) is -0.866. The van der Waals surface area contributed by atoms with Gasteiger partial charge < -0.3 is 5.11 Å². The van der Waals surface area contributed by atoms with E-state index in [0.29, 0.717) is 11.1 Å². The summed E-state index contributed by atoms with van der Waals surface area (Å²) in [6.07, 6.45) is -2.93. The second-order valence-corrected chi connectivity index (χ2v) is 4.46. The highest BCUT2D eigenvalue weighted by molar-refractivity contribution is 7.14. The van der Waals surface area contributed by atoms with E-state index >= 15 is 0 Å². The van der Waals surface area contributed by atoms with Crippen LogP contribution in [0.1, 0.15) is 10.4 Å². The summed E-state index contributed by atoms with van der Waals surface area (Å²) in [5, 5.41) is 12.7. The molecule has 0 saturated heterocycles. The molecule has 0 saturated carbocycles. The standard InChI is InChI=1S/C8H5ClF3N3OS/c9-6-5(3-16)17-7(14-6)15-2-4(1-13-15)8(10,11)12/h1-2,16H,3H2. The van der Waals surface area contributed by atoms with E-state index in [-0.39, 0.29) is 16.9 Å². The van der Waals surface area contributed by atoms with Crippen LogP contribution in [0.25, 0.3) is 5.13 Å². The van der Waals surface area contributed by atoms with E-state index in [0.717, 1.165) is 22.2 Å². The number of thiazole rings is 1. The smallest absolute Gasteiger partial charge is 0.391 e. The van der Waals surface area contributed by atoms with Gasteiger partial charge in [0.2, 0.25) is 5.13 Å². The predicted molar refractivity (Wildman–Crippen MR) is 55.2 cm³/mol. The molecule has 0 aromatic carbocycles. The Bertz CT molecular complexity index is 536. The van der Waals surface area contributed by atoms with Gasteiger partial charge in [0, 0.05) is 6.20 Å². The van der Waals surface area contributed by atoms with E-state index < -0.39 is 11.7 Å². The van der Waals surface area contributed by atoms with Gasteiger partial charge in [-0.1, -0.05) is 22.9 Å². The number of halogens is 4. The highest BCUT2D eigenvalue weighted by atomic mass is 35.5. The van der Waals surface area contributed by atoms with Gasteiger partial charge >= 0.3 is 6.18 Å². The van der Waals surface area contributed by atoms with Crippen molar-refractivity contribution in [1.82, 2.24) is 14.8 Å². The van der Waals surface area contributed by atoms with E-state index in [1.165, 1.54) is 0 Å². The first-order valence-corrected chi connectivity index (χ1v) is 5.49. The Morgan fingerprint density at radius 1 is 1.47 bits per heavy atom. The number of hydrogen-bond acceptors (Lipinski definition) is 4. The number of nitrogens with zero attached hydrogens (tertiary/aromatic N) is 3. The maximum absolute atomic E-state index is 12.3. The zero-order chi connectivity index (χ0) is 12.6. The first-order valence-electron chi connectivity index (χ1n) is 4.30. The summed E-state index contributed by atoms with van der Waals surface area (Å²) < 4.78 is 38.0. The van der Waals surface area contributed by atoms with Gasteiger partial charge in [-0.3, -0.25) is 0 Å². The Labute approximate surface area is 102 Å². The molecule has 0 aliphatic heterocycles. The summed E-state index contributed by atoms with van der Waals surface area (Å²) >= 11 is 6.64. The van der Waals surface area contributed by atoms with Gasteiger partial charge in [-0.15, -0.1) is 0 Å². The van der Waals surface area contributed by atoms with Crippen molar-refractivity contribution in [1.29, 1.82) is 0 Å². The van der Waals surface area contributed by atoms with Crippen LogP contribution in [0.2, 0.25) is 5.15 Å². The Balaban J connectivity index is 2.37. The van der Waals surface area contributed by atoms with Crippen molar-refractivity contribution >= 4 is 22.9 Å². The van der Waals surface area contributed by atoms with Crippen LogP contribution in [0.5, 0.6) is 0 Å². The van der Waals surface area contributed by atoms with Crippen molar-refractivity contribution in [2.45, 2.75) is 12.8 Å². The van der Waals surface area contributed by atoms with Gasteiger partial charge in [0.25, 0.3) is 0 Å². The number of rotatable bonds is 2. The largest absolute Gasteiger partial charge is 0.419 e. The van der Waals surface area contributed by atoms with Crippen molar-refractivity contribution < 1.29 is 18.3 Å². The van der Waals surface area contributed by atoms with Gasteiger partial charge in [0.15, 0.2) is 0 Å². The monoisotopic (exact) mass is 283 g/mol. The molecule has 0 unspecified atom stereocenters. The Morgan fingerprint density at radius 3 is 2.65 bits per heavy atom. The molecule has 2 heterocycles. The Hall–Kier alpha value is -1.12. The average molecular weight is 284 g/mol. The Morgan fingerprint density at radius 2 is 2.18 bits per heavy atom. The van der Waals surface area contributed by atoms with Gasteiger partial charge in [-0.2, -0.15) is 18.3 Å². The first-order chi connectivity index (χ1) is 7.91. The van der Waals surface area contributed by atoms with Crippen LogP contribution in [0.4, 0.5) is 13.2 Å². The molecule has 1 N–H and O–H groups in total. The number of aliphatic hydroxyl groups is 1. The first kappa shape index (κ1) is 12.3. The van der Waals surface area contributed by atoms with Crippen LogP contribution in [0.3, 0.4) is 0 Å². The normalized spacial score (nSPS) is 12.1. The zero-order valence-corrected chi connectivity index (χ0v) is 9.64. The number of hydrogen-bond donors (Lipinski definition) is 1. The third kappa shape index (κ3) is 2.43. The molecule has 17 heavy (non-hydrogen) atoms. The van der Waals surface area contributed by atoms with Crippen LogP contribution < -0.4 is 0 Å². The topological polar surface area (TPSA) is 50.9 Å². The minimum atomic E-state index is -4.45. The molecule has 0 aliphatic carbocycles. The molecular weight excluding hydrogens is 279 g/mol. The minimum Gasteiger partial charge on any atom is -0.391 e. The maximum Gasteiger partial charge on any atom is 0.419 e. The molecule has 2 aromatic rings. The quantitative estimate of drug-likeness (QED) is 0.921. The lowest BCUT2D eigenvalue weighted by Gasteiger charge is -2.00. The molecule has 0 spiro atoms. The molecule has 0 amide bonds. The van der Waals surface area contributed by atoms with E-state index in [4.69, 9.17) is 16.7 Å². The molecule has 92 valence electrons. The third-order valence-corrected chi connectivity index (χ3v) is 3.34. The molecule has 0 atom stereocenters. The van der Waals surface area contributed by atoms with Crippen molar-refractivity contribution in [3.05, 3.63) is 28.0 Å². The van der Waals surface area contributed by atoms with Crippen molar-refractivity contribution in [3.63, 3.8) is 0 Å². The fourth-order valence-electron chi connectivity index (χ4n) is 1.09. The van der Waals surface area contributed by atoms with Crippen LogP contribution in [-0.2, 0) is 12.8 Å². The zero-order valence-electron chi connectivity index (χ0n) is 8.07. The summed E-state index contributed by atoms with van der Waals surface area (Å²) in [4.78, 5) is 4.18. The summed E-state index contributed by atoms with van der Waals surface area (Å²) in [5.74, 6) is 0. The fraction of sp³-hybridized carbons (Fsp3) is 0.250. The highest BCUT2D eigenvalue weighted by Crippen LogP contribution is 2.30. The third-order valence-electron chi connectivity index (χ3n) is 1.89. The van der Waals surface area contributed by atoms with Gasteiger partial charge in [-0.25, -0.2) is 9.67 Å². The molecule has 0 aliphatic rings. The van der Waals surface area contributed by atoms with E-state index in [9.17, 15) is 13.2 Å². The summed E-state index contributed by atoms with van der Waals surface area (Å²) in [7, 11) is 0. The second-order valence-electron chi connectivity index (χ2n) is 3.04. The molecule has 2 rings (SSSR count). The Kier molecular flexibility index (Phi) is 3.11. The SMILES string of the molecule is OCc1sc(-n2cc(C(F)(F)F)cn2)nc1Cl. The summed E-state index contributed by atoms with van der Waals surface area (Å²) in [6.45, 7) is -0.316. The van der Waals surface area contributed by atoms with Gasteiger partial charge in [0.05, 0.1) is 23.2 Å². The average Bonchev–Trinajstić information content (AvgIpc) is 2.82. The van der Waals surface area contributed by atoms with Crippen LogP contribution >= 0.6 is 22.9 Å². The van der Waals surface area contributed by atoms with Gasteiger partial charge in [0.1, 0.15) is 5.15 Å². The molecule has 2 aromatic heterocycles. The highest BCUT2D eigenvalue weighted by Gasteiger charge is 2.32. The van der Waals surface area contributed by atoms with E-state index in [1.54, 1.807) is 0 Å². The second kappa shape index (κ2) is 4.28. The summed E-state index contributed by atoms with van der Waals surface area (Å²) in [6, 6.07) is 0. The number of alkyl halides is 3. The lowest BCUT2D eigenvalue weighted by atomic mass is 10.4. The molecule has 0 radical (unpaired) electrons. The van der Waals surface area contributed by atoms with E-state index in [2.05, 4.69) is 10.1 Å². The number of aromatic nitrogens is 3. The lowest BCUT2D eigenvalue weighted by molar-refractivity contribution is -0.137. The lowest BCUT2D eigenvalue weighted by Crippen LogP contribution is -2.02. The van der Waals surface area contributed by atoms with Crippen LogP contribution in [0, 0.1) is 0 Å². The minimum absolute atomic E-state index is 0.0663. The molecular formula is C8H5ClF3N3OS. The van der Waals surface area contributed by atoms with Crippen molar-refractivity contribution in [3.8, 4) is 5.13 Å². The molecule has 9 heteroatoms. The van der Waals surface area contributed by atoms with Gasteiger partial charge in [-0.05, 0) is 0 Å². The van der Waals surface area contributed by atoms with E-state index in [1.807, 2.05) is 0 Å². The van der Waals surface area contributed by atoms with Crippen molar-refractivity contribution in [2.75, 3.05) is 0 Å². The molecule has 0 bridgehead atoms. The maximum atomic E-state index is 12.3. The molecule has 0 fully saturated rings. The number of aliphatic hydroxyl groups excluding tert-OH is 1. The van der Waals surface area contributed by atoms with Crippen LogP contribution in [-0.4, -0.2) is 19.9 Å². The fourth-order valence-corrected chi connectivity index (χ4v) is 2.14. The molecule has 4 nitrogen and oxygen atoms in total. The predicted octanol–water partition coefficient (Wildman–Crippen LogP) is 2.49. The van der Waals surface area contributed by atoms with Crippen LogP contribution in [0.15, 0.2) is 12.4 Å². The van der Waals surface area contributed by atoms with Crippen molar-refractivity contribution in [2.24, 2.45) is 0 Å².